The topological polar surface area (TPSA) is 80.6 Å². The van der Waals surface area contributed by atoms with Crippen molar-refractivity contribution < 1.29 is 18.7 Å². The molecule has 0 unspecified atom stereocenters. The summed E-state index contributed by atoms with van der Waals surface area (Å²) in [5.41, 5.74) is 1.46. The highest BCUT2D eigenvalue weighted by Crippen LogP contribution is 2.22. The smallest absolute Gasteiger partial charge is 0.287 e. The van der Waals surface area contributed by atoms with Crippen LogP contribution >= 0.6 is 12.4 Å². The van der Waals surface area contributed by atoms with Crippen molar-refractivity contribution >= 4 is 24.1 Å². The molecule has 0 bridgehead atoms. The Kier molecular flexibility index (Phi) is 8.91. The van der Waals surface area contributed by atoms with Gasteiger partial charge >= 0.3 is 0 Å². The number of rotatable bonds is 9. The second kappa shape index (κ2) is 10.7. The Morgan fingerprint density at radius 1 is 1.04 bits per heavy atom. The van der Waals surface area contributed by atoms with Gasteiger partial charge in [0.15, 0.2) is 11.5 Å². The highest BCUT2D eigenvalue weighted by atomic mass is 35.5. The average molecular weight is 367 g/mol. The lowest BCUT2D eigenvalue weighted by Gasteiger charge is -2.05. The molecular weight excluding hydrogens is 344 g/mol. The number of carbonyl (C=O) groups excluding carboxylic acids is 2. The van der Waals surface area contributed by atoms with Crippen LogP contribution in [0.25, 0.3) is 11.3 Å². The van der Waals surface area contributed by atoms with Crippen LogP contribution in [0.4, 0.5) is 0 Å². The number of carbonyl (C=O) groups is 2. The van der Waals surface area contributed by atoms with Gasteiger partial charge in [0.05, 0.1) is 6.61 Å². The maximum Gasteiger partial charge on any atom is 0.287 e. The standard InChI is InChI=1S/C18H22N2O4.ClH/c1-13(21)14-3-5-15(6-4-14)16-7-8-17(24-16)18(22)20-10-9-19-11-12-23-2;/h3-8,19H,9-12H2,1-2H3,(H,20,22);1H. The number of furan rings is 1. The van der Waals surface area contributed by atoms with Gasteiger partial charge in [-0.2, -0.15) is 0 Å². The van der Waals surface area contributed by atoms with Crippen LogP contribution in [0.15, 0.2) is 40.8 Å². The fourth-order valence-electron chi connectivity index (χ4n) is 2.14. The Labute approximate surface area is 153 Å². The van der Waals surface area contributed by atoms with Gasteiger partial charge < -0.3 is 19.8 Å². The van der Waals surface area contributed by atoms with E-state index in [0.717, 1.165) is 12.1 Å². The van der Waals surface area contributed by atoms with E-state index >= 15 is 0 Å². The van der Waals surface area contributed by atoms with Gasteiger partial charge in [-0.25, -0.2) is 0 Å². The van der Waals surface area contributed by atoms with Crippen molar-refractivity contribution in [3.05, 3.63) is 47.7 Å². The molecule has 2 aromatic rings. The van der Waals surface area contributed by atoms with E-state index in [1.165, 1.54) is 6.92 Å². The van der Waals surface area contributed by atoms with Crippen LogP contribution in [-0.4, -0.2) is 45.0 Å². The lowest BCUT2D eigenvalue weighted by Crippen LogP contribution is -2.32. The second-order valence-electron chi connectivity index (χ2n) is 5.30. The highest BCUT2D eigenvalue weighted by Gasteiger charge is 2.12. The van der Waals surface area contributed by atoms with Crippen molar-refractivity contribution in [1.82, 2.24) is 10.6 Å². The molecule has 136 valence electrons. The van der Waals surface area contributed by atoms with E-state index in [-0.39, 0.29) is 29.9 Å². The van der Waals surface area contributed by atoms with Gasteiger partial charge in [-0.15, -0.1) is 12.4 Å². The third-order valence-electron chi connectivity index (χ3n) is 3.48. The minimum absolute atomic E-state index is 0. The molecule has 25 heavy (non-hydrogen) atoms. The average Bonchev–Trinajstić information content (AvgIpc) is 3.08. The number of hydrogen-bond donors (Lipinski definition) is 2. The molecule has 0 radical (unpaired) electrons. The van der Waals surface area contributed by atoms with Crippen LogP contribution in [0, 0.1) is 0 Å². The highest BCUT2D eigenvalue weighted by molar-refractivity contribution is 5.94. The number of benzene rings is 1. The lowest BCUT2D eigenvalue weighted by molar-refractivity contribution is 0.0926. The summed E-state index contributed by atoms with van der Waals surface area (Å²) in [6, 6.07) is 10.5. The summed E-state index contributed by atoms with van der Waals surface area (Å²) in [6.45, 7) is 4.07. The van der Waals surface area contributed by atoms with E-state index in [9.17, 15) is 9.59 Å². The maximum absolute atomic E-state index is 12.0. The van der Waals surface area contributed by atoms with Crippen LogP contribution in [0.1, 0.15) is 27.8 Å². The molecule has 2 rings (SSSR count). The molecule has 0 spiro atoms. The fraction of sp³-hybridized carbons (Fsp3) is 0.333. The molecule has 0 atom stereocenters. The van der Waals surface area contributed by atoms with Gasteiger partial charge in [0, 0.05) is 37.9 Å². The zero-order valence-corrected chi connectivity index (χ0v) is 15.2. The normalized spacial score (nSPS) is 10.2. The van der Waals surface area contributed by atoms with Crippen LogP contribution < -0.4 is 10.6 Å². The van der Waals surface area contributed by atoms with Crippen LogP contribution in [0.5, 0.6) is 0 Å². The van der Waals surface area contributed by atoms with Crippen LogP contribution in [-0.2, 0) is 4.74 Å². The Hall–Kier alpha value is -2.15. The SMILES string of the molecule is COCCNCCNC(=O)c1ccc(-c2ccc(C(C)=O)cc2)o1.Cl. The zero-order chi connectivity index (χ0) is 17.4. The Balaban J connectivity index is 0.00000312. The van der Waals surface area contributed by atoms with Crippen molar-refractivity contribution in [2.45, 2.75) is 6.92 Å². The van der Waals surface area contributed by atoms with Gasteiger partial charge in [0.25, 0.3) is 5.91 Å². The van der Waals surface area contributed by atoms with E-state index in [0.29, 0.717) is 31.0 Å². The van der Waals surface area contributed by atoms with Crippen molar-refractivity contribution in [2.24, 2.45) is 0 Å². The quantitative estimate of drug-likeness (QED) is 0.526. The van der Waals surface area contributed by atoms with E-state index in [4.69, 9.17) is 9.15 Å². The Bertz CT molecular complexity index is 683. The number of methoxy groups -OCH3 is 1. The van der Waals surface area contributed by atoms with Crippen LogP contribution in [0.3, 0.4) is 0 Å². The summed E-state index contributed by atoms with van der Waals surface area (Å²) in [7, 11) is 1.64. The van der Waals surface area contributed by atoms with Crippen molar-refractivity contribution in [1.29, 1.82) is 0 Å². The minimum atomic E-state index is -0.254. The van der Waals surface area contributed by atoms with E-state index in [2.05, 4.69) is 10.6 Å². The fourth-order valence-corrected chi connectivity index (χ4v) is 2.14. The molecule has 0 saturated heterocycles. The van der Waals surface area contributed by atoms with E-state index < -0.39 is 0 Å². The van der Waals surface area contributed by atoms with E-state index in [1.54, 1.807) is 43.5 Å². The number of nitrogens with one attached hydrogen (secondary N) is 2. The lowest BCUT2D eigenvalue weighted by atomic mass is 10.1. The third-order valence-corrected chi connectivity index (χ3v) is 3.48. The first-order chi connectivity index (χ1) is 11.6. The molecule has 0 saturated carbocycles. The summed E-state index contributed by atoms with van der Waals surface area (Å²) >= 11 is 0. The summed E-state index contributed by atoms with van der Waals surface area (Å²) in [6.07, 6.45) is 0. The van der Waals surface area contributed by atoms with Gasteiger partial charge in [-0.1, -0.05) is 24.3 Å². The third kappa shape index (κ3) is 6.34. The van der Waals surface area contributed by atoms with Crippen molar-refractivity contribution in [3.63, 3.8) is 0 Å². The predicted molar refractivity (Wildman–Crippen MR) is 98.5 cm³/mol. The monoisotopic (exact) mass is 366 g/mol. The molecule has 6 nitrogen and oxygen atoms in total. The molecular formula is C18H23ClN2O4. The number of ketones is 1. The van der Waals surface area contributed by atoms with Gasteiger partial charge in [-0.05, 0) is 19.1 Å². The maximum atomic E-state index is 12.0. The molecule has 1 aromatic heterocycles. The number of halogens is 1. The molecule has 1 heterocycles. The number of hydrogen-bond acceptors (Lipinski definition) is 5. The molecule has 0 aliphatic heterocycles. The Morgan fingerprint density at radius 3 is 2.40 bits per heavy atom. The summed E-state index contributed by atoms with van der Waals surface area (Å²) in [5, 5.41) is 5.92. The molecule has 1 aromatic carbocycles. The van der Waals surface area contributed by atoms with E-state index in [1.807, 2.05) is 0 Å². The molecule has 0 fully saturated rings. The predicted octanol–water partition coefficient (Wildman–Crippen LogP) is 2.54. The van der Waals surface area contributed by atoms with Crippen LogP contribution in [0.2, 0.25) is 0 Å². The second-order valence-corrected chi connectivity index (χ2v) is 5.30. The first-order valence-electron chi connectivity index (χ1n) is 7.81. The number of Topliss-reactive ketones (excluding diaryl/α,β-unsaturated/α-hetero) is 1. The van der Waals surface area contributed by atoms with Gasteiger partial charge in [-0.3, -0.25) is 9.59 Å². The molecule has 0 aliphatic rings. The largest absolute Gasteiger partial charge is 0.451 e. The summed E-state index contributed by atoms with van der Waals surface area (Å²) in [5.74, 6) is 0.612. The summed E-state index contributed by atoms with van der Waals surface area (Å²) in [4.78, 5) is 23.3. The first-order valence-corrected chi connectivity index (χ1v) is 7.81. The van der Waals surface area contributed by atoms with Gasteiger partial charge in [0.2, 0.25) is 0 Å². The zero-order valence-electron chi connectivity index (χ0n) is 14.3. The van der Waals surface area contributed by atoms with Crippen molar-refractivity contribution in [3.8, 4) is 11.3 Å². The van der Waals surface area contributed by atoms with Crippen molar-refractivity contribution in [2.75, 3.05) is 33.4 Å². The first kappa shape index (κ1) is 20.9. The molecule has 1 amide bonds. The molecule has 2 N–H and O–H groups in total. The van der Waals surface area contributed by atoms with Gasteiger partial charge in [0.1, 0.15) is 5.76 Å². The number of amides is 1. The minimum Gasteiger partial charge on any atom is -0.451 e. The summed E-state index contributed by atoms with van der Waals surface area (Å²) < 4.78 is 10.5. The number of ether oxygens (including phenoxy) is 1. The Morgan fingerprint density at radius 2 is 1.76 bits per heavy atom. The molecule has 0 aliphatic carbocycles. The molecule has 7 heteroatoms.